The lowest BCUT2D eigenvalue weighted by atomic mass is 10.1. The number of carbonyl (C=O) groups is 2. The lowest BCUT2D eigenvalue weighted by Gasteiger charge is -2.38. The van der Waals surface area contributed by atoms with Gasteiger partial charge in [0.05, 0.1) is 25.9 Å². The number of methoxy groups -OCH3 is 1. The summed E-state index contributed by atoms with van der Waals surface area (Å²) in [5.74, 6) is 1.27. The third-order valence-corrected chi connectivity index (χ3v) is 9.57. The molecule has 2 rings (SSSR count). The first-order valence-electron chi connectivity index (χ1n) is 14.2. The van der Waals surface area contributed by atoms with Crippen molar-refractivity contribution in [2.45, 2.75) is 98.4 Å². The number of carbonyl (C=O) groups excluding carboxylic acids is 2. The predicted octanol–water partition coefficient (Wildman–Crippen LogP) is 4.65. The highest BCUT2D eigenvalue weighted by atomic mass is 32.2. The summed E-state index contributed by atoms with van der Waals surface area (Å²) in [4.78, 5) is 29.5. The van der Waals surface area contributed by atoms with Gasteiger partial charge in [-0.25, -0.2) is 9.66 Å². The monoisotopic (exact) mass is 616 g/mol. The third kappa shape index (κ3) is 10.7. The summed E-state index contributed by atoms with van der Waals surface area (Å²) in [6.07, 6.45) is 2.53. The Morgan fingerprint density at radius 2 is 1.85 bits per heavy atom. The van der Waals surface area contributed by atoms with Gasteiger partial charge in [-0.05, 0) is 40.2 Å². The first kappa shape index (κ1) is 35.8. The van der Waals surface area contributed by atoms with Crippen molar-refractivity contribution in [2.24, 2.45) is 10.9 Å². The minimum absolute atomic E-state index is 0.0158. The highest BCUT2D eigenvalue weighted by Crippen LogP contribution is 2.50. The van der Waals surface area contributed by atoms with Crippen molar-refractivity contribution in [1.82, 2.24) is 14.9 Å². The number of amidine groups is 1. The molecule has 2 aliphatic heterocycles. The molecule has 0 aromatic carbocycles. The van der Waals surface area contributed by atoms with E-state index in [9.17, 15) is 9.59 Å². The van der Waals surface area contributed by atoms with Crippen molar-refractivity contribution < 1.29 is 32.8 Å². The van der Waals surface area contributed by atoms with Crippen LogP contribution in [0.5, 0.6) is 0 Å². The summed E-state index contributed by atoms with van der Waals surface area (Å²) in [5.41, 5.74) is 0. The maximum absolute atomic E-state index is 11.8. The number of aliphatic imine (C=N–C) groups is 1. The second-order valence-electron chi connectivity index (χ2n) is 10.6. The number of nitrogens with one attached hydrogen (secondary N) is 1. The van der Waals surface area contributed by atoms with Crippen LogP contribution in [0.4, 0.5) is 0 Å². The normalized spacial score (nSPS) is 23.7. The number of thioether (sulfide) groups is 1. The first-order valence-corrected chi connectivity index (χ1v) is 16.3. The van der Waals surface area contributed by atoms with Gasteiger partial charge in [-0.15, -0.1) is 0 Å². The molecular weight excluding hydrogens is 567 g/mol. The standard InChI is InChI=1S/C28H49N4O7PS/c1-11-23-25(26(35-10)27(38-23)31-13-12-24(29-21(31)8)30-22(9)33)39-40(32(19(4)5)20(6)7)37-15-14-36-16-17-41-28(34)18(2)3/h12-13,18-20,23,25-27H,8,11,14-17H2,1-7,9-10H3,(H,29,30,33)/t23-,25?,26+,27-,40?/m1/s1. The van der Waals surface area contributed by atoms with Gasteiger partial charge in [0.2, 0.25) is 5.91 Å². The zero-order chi connectivity index (χ0) is 30.7. The van der Waals surface area contributed by atoms with Gasteiger partial charge in [-0.3, -0.25) is 9.59 Å². The van der Waals surface area contributed by atoms with Crippen LogP contribution in [-0.2, 0) is 32.8 Å². The summed E-state index contributed by atoms with van der Waals surface area (Å²) < 4.78 is 33.5. The van der Waals surface area contributed by atoms with Gasteiger partial charge in [0, 0.05) is 44.0 Å². The molecule has 5 atom stereocenters. The topological polar surface area (TPSA) is 111 Å². The zero-order valence-corrected chi connectivity index (χ0v) is 27.7. The molecule has 0 radical (unpaired) electrons. The van der Waals surface area contributed by atoms with E-state index in [0.717, 1.165) is 0 Å². The van der Waals surface area contributed by atoms with Crippen LogP contribution >= 0.6 is 20.3 Å². The molecule has 0 aliphatic carbocycles. The van der Waals surface area contributed by atoms with Crippen LogP contribution in [0.1, 0.15) is 61.8 Å². The minimum Gasteiger partial charge on any atom is -0.378 e. The van der Waals surface area contributed by atoms with E-state index in [1.54, 1.807) is 24.3 Å². The van der Waals surface area contributed by atoms with E-state index >= 15 is 0 Å². The smallest absolute Gasteiger partial charge is 0.259 e. The molecule has 0 spiro atoms. The van der Waals surface area contributed by atoms with Crippen molar-refractivity contribution in [3.8, 4) is 0 Å². The molecule has 0 aromatic heterocycles. The van der Waals surface area contributed by atoms with Gasteiger partial charge < -0.3 is 33.5 Å². The van der Waals surface area contributed by atoms with Crippen LogP contribution < -0.4 is 5.32 Å². The van der Waals surface area contributed by atoms with E-state index in [-0.39, 0.29) is 35.1 Å². The van der Waals surface area contributed by atoms with Crippen LogP contribution in [-0.4, -0.2) is 95.7 Å². The van der Waals surface area contributed by atoms with Gasteiger partial charge >= 0.3 is 0 Å². The summed E-state index contributed by atoms with van der Waals surface area (Å²) in [7, 11) is 0.152. The fourth-order valence-corrected chi connectivity index (χ4v) is 6.95. The van der Waals surface area contributed by atoms with E-state index in [0.29, 0.717) is 43.7 Å². The molecule has 41 heavy (non-hydrogen) atoms. The lowest BCUT2D eigenvalue weighted by Crippen LogP contribution is -2.45. The Kier molecular flexibility index (Phi) is 15.4. The van der Waals surface area contributed by atoms with Gasteiger partial charge in [-0.2, -0.15) is 0 Å². The molecule has 0 bridgehead atoms. The van der Waals surface area contributed by atoms with Crippen molar-refractivity contribution in [3.63, 3.8) is 0 Å². The molecule has 1 saturated heterocycles. The lowest BCUT2D eigenvalue weighted by molar-refractivity contribution is -0.117. The third-order valence-electron chi connectivity index (χ3n) is 6.31. The fourth-order valence-electron chi connectivity index (χ4n) is 4.46. The van der Waals surface area contributed by atoms with Crippen LogP contribution in [0.3, 0.4) is 0 Å². The Morgan fingerprint density at radius 3 is 2.39 bits per heavy atom. The van der Waals surface area contributed by atoms with E-state index < -0.39 is 27.0 Å². The first-order chi connectivity index (χ1) is 19.4. The molecule has 1 amide bonds. The van der Waals surface area contributed by atoms with E-state index in [2.05, 4.69) is 49.3 Å². The summed E-state index contributed by atoms with van der Waals surface area (Å²) >= 11 is 1.30. The van der Waals surface area contributed by atoms with Gasteiger partial charge in [-0.1, -0.05) is 39.1 Å². The Hall–Kier alpha value is -1.37. The molecule has 2 aliphatic rings. The zero-order valence-electron chi connectivity index (χ0n) is 26.0. The number of nitrogens with zero attached hydrogens (tertiary/aromatic N) is 3. The molecule has 13 heteroatoms. The van der Waals surface area contributed by atoms with Crippen LogP contribution in [0, 0.1) is 5.92 Å². The molecule has 1 N–H and O–H groups in total. The minimum atomic E-state index is -1.49. The summed E-state index contributed by atoms with van der Waals surface area (Å²) in [6.45, 7) is 21.0. The molecule has 1 fully saturated rings. The van der Waals surface area contributed by atoms with Crippen molar-refractivity contribution >= 4 is 37.1 Å². The molecule has 0 saturated carbocycles. The Morgan fingerprint density at radius 1 is 1.17 bits per heavy atom. The van der Waals surface area contributed by atoms with E-state index in [4.69, 9.17) is 23.3 Å². The fraction of sp³-hybridized carbons (Fsp3) is 0.750. The summed E-state index contributed by atoms with van der Waals surface area (Å²) in [6, 6.07) is 0.344. The van der Waals surface area contributed by atoms with Crippen molar-refractivity contribution in [2.75, 3.05) is 32.7 Å². The number of hydrogen-bond donors (Lipinski definition) is 1. The number of hydrogen-bond acceptors (Lipinski definition) is 11. The van der Waals surface area contributed by atoms with E-state index in [1.165, 1.54) is 18.7 Å². The van der Waals surface area contributed by atoms with Crippen molar-refractivity contribution in [3.05, 3.63) is 24.7 Å². The highest BCUT2D eigenvalue weighted by molar-refractivity contribution is 8.13. The van der Waals surface area contributed by atoms with Crippen LogP contribution in [0.2, 0.25) is 0 Å². The van der Waals surface area contributed by atoms with E-state index in [1.807, 2.05) is 20.8 Å². The average Bonchev–Trinajstić information content (AvgIpc) is 3.23. The highest BCUT2D eigenvalue weighted by Gasteiger charge is 2.50. The molecule has 11 nitrogen and oxygen atoms in total. The van der Waals surface area contributed by atoms with Crippen molar-refractivity contribution in [1.29, 1.82) is 0 Å². The average molecular weight is 617 g/mol. The van der Waals surface area contributed by atoms with Gasteiger partial charge in [0.25, 0.3) is 8.53 Å². The summed E-state index contributed by atoms with van der Waals surface area (Å²) in [5, 5.41) is 2.85. The Labute approximate surface area is 251 Å². The Bertz CT molecular complexity index is 925. The SMILES string of the molecule is C=C1N=C(NC(C)=O)C=CN1[C@@H]1O[C@H](CC)C(OP(OCCOCCSC(=O)C(C)C)N(C(C)C)C(C)C)[C@@H]1OC. The van der Waals surface area contributed by atoms with Gasteiger partial charge in [0.15, 0.2) is 11.3 Å². The quantitative estimate of drug-likeness (QED) is 0.194. The predicted molar refractivity (Wildman–Crippen MR) is 164 cm³/mol. The number of ether oxygens (including phenoxy) is 3. The maximum Gasteiger partial charge on any atom is 0.259 e. The molecule has 2 unspecified atom stereocenters. The second-order valence-corrected chi connectivity index (χ2v) is 13.1. The molecule has 0 aromatic rings. The molecule has 234 valence electrons. The Balaban J connectivity index is 2.11. The van der Waals surface area contributed by atoms with Gasteiger partial charge in [0.1, 0.15) is 23.9 Å². The second kappa shape index (κ2) is 17.7. The largest absolute Gasteiger partial charge is 0.378 e. The number of rotatable bonds is 16. The molecule has 2 heterocycles. The molecular formula is C28H49N4O7PS. The number of amides is 1. The maximum atomic E-state index is 11.8. The van der Waals surface area contributed by atoms with Crippen LogP contribution in [0.25, 0.3) is 0 Å². The van der Waals surface area contributed by atoms with Crippen LogP contribution in [0.15, 0.2) is 29.7 Å².